The van der Waals surface area contributed by atoms with Gasteiger partial charge in [-0.1, -0.05) is 67.3 Å². The number of carbonyl (C=O) groups excluding carboxylic acids is 1. The van der Waals surface area contributed by atoms with Crippen molar-refractivity contribution in [2.45, 2.75) is 56.2 Å². The number of methoxy groups -OCH3 is 6. The zero-order valence-electron chi connectivity index (χ0n) is 26.4. The molecule has 0 saturated heterocycles. The first-order valence-electron chi connectivity index (χ1n) is 14.3. The normalized spacial score (nSPS) is 11.2. The zero-order valence-corrected chi connectivity index (χ0v) is 28.0. The van der Waals surface area contributed by atoms with E-state index in [1.165, 1.54) is 56.6 Å². The van der Waals surface area contributed by atoms with Crippen molar-refractivity contribution in [3.63, 3.8) is 0 Å². The van der Waals surface area contributed by atoms with Crippen LogP contribution in [-0.2, 0) is 9.63 Å². The summed E-state index contributed by atoms with van der Waals surface area (Å²) in [6, 6.07) is 7.19. The number of carbonyl (C=O) groups is 1. The molecule has 1 heterocycles. The van der Waals surface area contributed by atoms with Gasteiger partial charge >= 0.3 is 5.97 Å². The van der Waals surface area contributed by atoms with E-state index in [1.54, 1.807) is 40.6 Å². The van der Waals surface area contributed by atoms with Gasteiger partial charge in [0.2, 0.25) is 11.5 Å². The van der Waals surface area contributed by atoms with E-state index in [0.717, 1.165) is 24.8 Å². The molecule has 1 aromatic heterocycles. The van der Waals surface area contributed by atoms with Crippen LogP contribution in [0.2, 0.25) is 0 Å². The first kappa shape index (κ1) is 34.8. The van der Waals surface area contributed by atoms with Crippen molar-refractivity contribution in [1.29, 1.82) is 0 Å². The van der Waals surface area contributed by atoms with Crippen LogP contribution in [0.4, 0.5) is 0 Å². The van der Waals surface area contributed by atoms with Crippen LogP contribution in [0.25, 0.3) is 10.6 Å². The lowest BCUT2D eigenvalue weighted by molar-refractivity contribution is -0.143. The summed E-state index contributed by atoms with van der Waals surface area (Å²) in [6.45, 7) is 2.18. The molecule has 0 N–H and O–H groups in total. The van der Waals surface area contributed by atoms with Crippen LogP contribution in [0.3, 0.4) is 0 Å². The fraction of sp³-hybridized carbons (Fsp3) is 0.484. The summed E-state index contributed by atoms with van der Waals surface area (Å²) in [5.74, 6) is 2.77. The van der Waals surface area contributed by atoms with Crippen molar-refractivity contribution in [3.05, 3.63) is 29.8 Å². The minimum atomic E-state index is -0.386. The standard InChI is InChI=1S/C31H41N3O8S2/c1-8-9-10-11-12-13-14-26(35)42-34-22(21-15-16-23(36-2)29(41-7)27(21)39-5)19-43-31-33-32-30(44-31)20-17-24(37-3)28(40-6)25(18-20)38-4/h15-18H,8-14,19H2,1-7H3/b34-22-. The molecule has 0 saturated carbocycles. The lowest BCUT2D eigenvalue weighted by atomic mass is 10.1. The highest BCUT2D eigenvalue weighted by atomic mass is 32.2. The van der Waals surface area contributed by atoms with Gasteiger partial charge in [0.05, 0.1) is 42.7 Å². The van der Waals surface area contributed by atoms with Crippen molar-refractivity contribution in [2.24, 2.45) is 5.16 Å². The summed E-state index contributed by atoms with van der Waals surface area (Å²) in [6.07, 6.45) is 6.72. The molecular weight excluding hydrogens is 606 g/mol. The third kappa shape index (κ3) is 9.15. The number of hydrogen-bond donors (Lipinski definition) is 0. The van der Waals surface area contributed by atoms with Crippen LogP contribution < -0.4 is 28.4 Å². The van der Waals surface area contributed by atoms with E-state index in [-0.39, 0.29) is 5.97 Å². The molecule has 0 aliphatic heterocycles. The van der Waals surface area contributed by atoms with Gasteiger partial charge in [-0.15, -0.1) is 10.2 Å². The molecule has 0 aliphatic rings. The summed E-state index contributed by atoms with van der Waals surface area (Å²) >= 11 is 2.79. The van der Waals surface area contributed by atoms with E-state index >= 15 is 0 Å². The van der Waals surface area contributed by atoms with Gasteiger partial charge in [0.25, 0.3) is 0 Å². The van der Waals surface area contributed by atoms with Gasteiger partial charge in [0, 0.05) is 23.3 Å². The van der Waals surface area contributed by atoms with Crippen molar-refractivity contribution in [2.75, 3.05) is 48.4 Å². The molecule has 0 fully saturated rings. The van der Waals surface area contributed by atoms with Crippen LogP contribution in [0.15, 0.2) is 33.8 Å². The van der Waals surface area contributed by atoms with Crippen molar-refractivity contribution in [3.8, 4) is 45.1 Å². The number of oxime groups is 1. The SMILES string of the molecule is CCCCCCCCC(=O)O/N=C(/CSc1nnc(-c2cc(OC)c(OC)c(OC)c2)s1)c1ccc(OC)c(OC)c1OC. The summed E-state index contributed by atoms with van der Waals surface area (Å²) in [7, 11) is 9.29. The Morgan fingerprint density at radius 2 is 1.41 bits per heavy atom. The fourth-order valence-electron chi connectivity index (χ4n) is 4.40. The van der Waals surface area contributed by atoms with E-state index in [9.17, 15) is 4.79 Å². The van der Waals surface area contributed by atoms with Gasteiger partial charge in [0.15, 0.2) is 27.3 Å². The third-order valence-corrected chi connectivity index (χ3v) is 8.77. The molecule has 0 bridgehead atoms. The van der Waals surface area contributed by atoms with Gasteiger partial charge in [0.1, 0.15) is 10.7 Å². The molecule has 11 nitrogen and oxygen atoms in total. The highest BCUT2D eigenvalue weighted by Gasteiger charge is 2.22. The number of nitrogens with zero attached hydrogens (tertiary/aromatic N) is 3. The van der Waals surface area contributed by atoms with E-state index in [2.05, 4.69) is 22.3 Å². The molecule has 44 heavy (non-hydrogen) atoms. The van der Waals surface area contributed by atoms with E-state index in [0.29, 0.717) is 67.3 Å². The maximum atomic E-state index is 12.6. The Kier molecular flexibility index (Phi) is 14.4. The highest BCUT2D eigenvalue weighted by Crippen LogP contribution is 2.43. The van der Waals surface area contributed by atoms with Gasteiger partial charge < -0.3 is 33.3 Å². The number of hydrogen-bond acceptors (Lipinski definition) is 13. The molecule has 0 spiro atoms. The maximum Gasteiger partial charge on any atom is 0.335 e. The second-order valence-electron chi connectivity index (χ2n) is 9.48. The topological polar surface area (TPSA) is 120 Å². The van der Waals surface area contributed by atoms with Crippen molar-refractivity contribution >= 4 is 34.8 Å². The van der Waals surface area contributed by atoms with Gasteiger partial charge in [-0.2, -0.15) is 0 Å². The summed E-state index contributed by atoms with van der Waals surface area (Å²) in [5.41, 5.74) is 1.83. The largest absolute Gasteiger partial charge is 0.493 e. The molecule has 0 aliphatic carbocycles. The number of thioether (sulfide) groups is 1. The molecule has 3 rings (SSSR count). The van der Waals surface area contributed by atoms with Crippen LogP contribution >= 0.6 is 23.1 Å². The van der Waals surface area contributed by atoms with Gasteiger partial charge in [-0.05, 0) is 30.7 Å². The van der Waals surface area contributed by atoms with Crippen molar-refractivity contribution in [1.82, 2.24) is 10.2 Å². The Hall–Kier alpha value is -3.71. The lowest BCUT2D eigenvalue weighted by Crippen LogP contribution is -2.11. The predicted molar refractivity (Wildman–Crippen MR) is 172 cm³/mol. The van der Waals surface area contributed by atoms with E-state index < -0.39 is 0 Å². The second-order valence-corrected chi connectivity index (χ2v) is 11.7. The first-order chi connectivity index (χ1) is 21.4. The van der Waals surface area contributed by atoms with Gasteiger partial charge in [-0.3, -0.25) is 0 Å². The molecule has 0 atom stereocenters. The van der Waals surface area contributed by atoms with Gasteiger partial charge in [-0.25, -0.2) is 4.79 Å². The molecule has 0 amide bonds. The average Bonchev–Trinajstić information content (AvgIpc) is 3.53. The molecular formula is C31H41N3O8S2. The number of benzene rings is 2. The fourth-order valence-corrected chi connectivity index (χ4v) is 6.18. The summed E-state index contributed by atoms with van der Waals surface area (Å²) in [5, 5.41) is 13.7. The molecule has 2 aromatic carbocycles. The number of ether oxygens (including phenoxy) is 6. The number of rotatable bonds is 19. The first-order valence-corrected chi connectivity index (χ1v) is 16.1. The molecule has 13 heteroatoms. The smallest absolute Gasteiger partial charge is 0.335 e. The number of unbranched alkanes of at least 4 members (excludes halogenated alkanes) is 5. The second kappa shape index (κ2) is 18.2. The molecule has 0 radical (unpaired) electrons. The third-order valence-electron chi connectivity index (χ3n) is 6.66. The predicted octanol–water partition coefficient (Wildman–Crippen LogP) is 7.05. The lowest BCUT2D eigenvalue weighted by Gasteiger charge is -2.16. The average molecular weight is 648 g/mol. The Labute approximate surface area is 267 Å². The molecule has 3 aromatic rings. The van der Waals surface area contributed by atoms with Crippen LogP contribution in [-0.4, -0.2) is 70.3 Å². The maximum absolute atomic E-state index is 12.6. The van der Waals surface area contributed by atoms with E-state index in [1.807, 2.05) is 12.1 Å². The van der Waals surface area contributed by atoms with Crippen LogP contribution in [0.1, 0.15) is 57.4 Å². The Morgan fingerprint density at radius 3 is 2.02 bits per heavy atom. The Balaban J connectivity index is 1.84. The van der Waals surface area contributed by atoms with Crippen molar-refractivity contribution < 1.29 is 38.1 Å². The minimum Gasteiger partial charge on any atom is -0.493 e. The Morgan fingerprint density at radius 1 is 0.773 bits per heavy atom. The van der Waals surface area contributed by atoms with E-state index in [4.69, 9.17) is 33.3 Å². The highest BCUT2D eigenvalue weighted by molar-refractivity contribution is 8.01. The zero-order chi connectivity index (χ0) is 31.9. The summed E-state index contributed by atoms with van der Waals surface area (Å²) in [4.78, 5) is 18.0. The van der Waals surface area contributed by atoms with Crippen LogP contribution in [0.5, 0.6) is 34.5 Å². The minimum absolute atomic E-state index is 0.299. The Bertz CT molecular complexity index is 1370. The van der Waals surface area contributed by atoms with Crippen LogP contribution in [0, 0.1) is 0 Å². The summed E-state index contributed by atoms with van der Waals surface area (Å²) < 4.78 is 33.8. The monoisotopic (exact) mass is 647 g/mol. The quantitative estimate of drug-likeness (QED) is 0.0438. The number of aromatic nitrogens is 2. The molecule has 0 unspecified atom stereocenters. The molecule has 240 valence electrons.